The standard InChI is InChI=1S/C15H21N3O/c1-3-7-17-15(19)14-11-13(4-8-16-14)18-9-5-12(2)6-10-18/h3-4,8,11-12H,1,5-7,9-10H2,2H3,(H,17,19). The fourth-order valence-corrected chi connectivity index (χ4v) is 2.26. The number of amides is 1. The minimum absolute atomic E-state index is 0.146. The first-order valence-corrected chi connectivity index (χ1v) is 6.81. The van der Waals surface area contributed by atoms with Gasteiger partial charge in [-0.3, -0.25) is 9.78 Å². The van der Waals surface area contributed by atoms with Crippen molar-refractivity contribution >= 4 is 11.6 Å². The topological polar surface area (TPSA) is 45.2 Å². The first-order chi connectivity index (χ1) is 9.20. The summed E-state index contributed by atoms with van der Waals surface area (Å²) < 4.78 is 0. The highest BCUT2D eigenvalue weighted by atomic mass is 16.1. The molecule has 1 aromatic heterocycles. The third-order valence-corrected chi connectivity index (χ3v) is 3.53. The number of hydrogen-bond acceptors (Lipinski definition) is 3. The van der Waals surface area contributed by atoms with Gasteiger partial charge in [-0.1, -0.05) is 13.0 Å². The summed E-state index contributed by atoms with van der Waals surface area (Å²) in [5.74, 6) is 0.653. The van der Waals surface area contributed by atoms with Crippen molar-refractivity contribution < 1.29 is 4.79 Å². The lowest BCUT2D eigenvalue weighted by Gasteiger charge is -2.32. The van der Waals surface area contributed by atoms with Crippen LogP contribution in [0.1, 0.15) is 30.3 Å². The molecule has 1 aliphatic heterocycles. The highest BCUT2D eigenvalue weighted by molar-refractivity contribution is 5.93. The minimum atomic E-state index is -0.146. The summed E-state index contributed by atoms with van der Waals surface area (Å²) in [6.07, 6.45) is 5.78. The van der Waals surface area contributed by atoms with Crippen molar-refractivity contribution in [3.8, 4) is 0 Å². The third kappa shape index (κ3) is 3.56. The van der Waals surface area contributed by atoms with E-state index in [9.17, 15) is 4.79 Å². The Bertz CT molecular complexity index is 450. The van der Waals surface area contributed by atoms with Crippen LogP contribution in [0.25, 0.3) is 0 Å². The molecule has 4 heteroatoms. The van der Waals surface area contributed by atoms with E-state index in [2.05, 4.69) is 28.7 Å². The molecule has 1 fully saturated rings. The zero-order chi connectivity index (χ0) is 13.7. The molecule has 0 unspecified atom stereocenters. The number of anilines is 1. The molecule has 0 aromatic carbocycles. The molecule has 102 valence electrons. The van der Waals surface area contributed by atoms with Crippen LogP contribution in [0.3, 0.4) is 0 Å². The summed E-state index contributed by atoms with van der Waals surface area (Å²) in [7, 11) is 0. The van der Waals surface area contributed by atoms with Gasteiger partial charge in [0.25, 0.3) is 5.91 Å². The fraction of sp³-hybridized carbons (Fsp3) is 0.467. The zero-order valence-electron chi connectivity index (χ0n) is 11.4. The lowest BCUT2D eigenvalue weighted by molar-refractivity contribution is 0.0953. The maximum absolute atomic E-state index is 11.9. The van der Waals surface area contributed by atoms with Crippen LogP contribution in [-0.4, -0.2) is 30.5 Å². The second-order valence-electron chi connectivity index (χ2n) is 5.07. The van der Waals surface area contributed by atoms with Gasteiger partial charge in [-0.25, -0.2) is 0 Å². The molecule has 19 heavy (non-hydrogen) atoms. The number of carbonyl (C=O) groups is 1. The van der Waals surface area contributed by atoms with E-state index in [1.165, 1.54) is 12.8 Å². The number of nitrogens with zero attached hydrogens (tertiary/aromatic N) is 2. The van der Waals surface area contributed by atoms with Crippen molar-refractivity contribution in [3.63, 3.8) is 0 Å². The molecule has 0 aliphatic carbocycles. The van der Waals surface area contributed by atoms with Crippen LogP contribution in [0.5, 0.6) is 0 Å². The van der Waals surface area contributed by atoms with E-state index in [0.29, 0.717) is 12.2 Å². The van der Waals surface area contributed by atoms with Crippen LogP contribution in [-0.2, 0) is 0 Å². The van der Waals surface area contributed by atoms with Gasteiger partial charge in [0, 0.05) is 31.5 Å². The summed E-state index contributed by atoms with van der Waals surface area (Å²) in [5, 5.41) is 2.75. The van der Waals surface area contributed by atoms with E-state index in [1.54, 1.807) is 12.3 Å². The first kappa shape index (κ1) is 13.6. The average Bonchev–Trinajstić information content (AvgIpc) is 2.45. The molecule has 4 nitrogen and oxygen atoms in total. The van der Waals surface area contributed by atoms with Crippen LogP contribution < -0.4 is 10.2 Å². The van der Waals surface area contributed by atoms with Gasteiger partial charge in [0.05, 0.1) is 0 Å². The van der Waals surface area contributed by atoms with Crippen LogP contribution >= 0.6 is 0 Å². The third-order valence-electron chi connectivity index (χ3n) is 3.53. The van der Waals surface area contributed by atoms with Gasteiger partial charge in [-0.15, -0.1) is 6.58 Å². The van der Waals surface area contributed by atoms with Gasteiger partial charge in [0.1, 0.15) is 5.69 Å². The second kappa shape index (κ2) is 6.36. The van der Waals surface area contributed by atoms with E-state index in [4.69, 9.17) is 0 Å². The Kier molecular flexibility index (Phi) is 4.55. The predicted molar refractivity (Wildman–Crippen MR) is 77.4 cm³/mol. The summed E-state index contributed by atoms with van der Waals surface area (Å²) >= 11 is 0. The molecule has 2 rings (SSSR count). The molecule has 1 saturated heterocycles. The molecular formula is C15H21N3O. The summed E-state index contributed by atoms with van der Waals surface area (Å²) in [6.45, 7) is 8.44. The van der Waals surface area contributed by atoms with Crippen molar-refractivity contribution in [1.82, 2.24) is 10.3 Å². The van der Waals surface area contributed by atoms with Crippen molar-refractivity contribution in [3.05, 3.63) is 36.7 Å². The Morgan fingerprint density at radius 2 is 2.32 bits per heavy atom. The van der Waals surface area contributed by atoms with E-state index in [1.807, 2.05) is 12.1 Å². The highest BCUT2D eigenvalue weighted by Gasteiger charge is 2.17. The molecule has 0 radical (unpaired) electrons. The lowest BCUT2D eigenvalue weighted by atomic mass is 9.99. The Labute approximate surface area is 114 Å². The van der Waals surface area contributed by atoms with Crippen LogP contribution in [0.15, 0.2) is 31.0 Å². The molecule has 0 spiro atoms. The van der Waals surface area contributed by atoms with Gasteiger partial charge >= 0.3 is 0 Å². The quantitative estimate of drug-likeness (QED) is 0.843. The zero-order valence-corrected chi connectivity index (χ0v) is 11.4. The summed E-state index contributed by atoms with van der Waals surface area (Å²) in [5.41, 5.74) is 1.56. The maximum atomic E-state index is 11.9. The van der Waals surface area contributed by atoms with Crippen molar-refractivity contribution in [2.75, 3.05) is 24.5 Å². The normalized spacial score (nSPS) is 16.2. The summed E-state index contributed by atoms with van der Waals surface area (Å²) in [6, 6.07) is 3.84. The molecule has 1 aromatic rings. The van der Waals surface area contributed by atoms with Crippen molar-refractivity contribution in [2.45, 2.75) is 19.8 Å². The largest absolute Gasteiger partial charge is 0.371 e. The van der Waals surface area contributed by atoms with Crippen molar-refractivity contribution in [1.29, 1.82) is 0 Å². The molecule has 1 N–H and O–H groups in total. The molecular weight excluding hydrogens is 238 g/mol. The number of hydrogen-bond donors (Lipinski definition) is 1. The van der Waals surface area contributed by atoms with Gasteiger partial charge in [-0.2, -0.15) is 0 Å². The number of pyridine rings is 1. The number of rotatable bonds is 4. The molecule has 1 aliphatic rings. The Hall–Kier alpha value is -1.84. The molecule has 0 saturated carbocycles. The van der Waals surface area contributed by atoms with Gasteiger partial charge in [0.15, 0.2) is 0 Å². The SMILES string of the molecule is C=CCNC(=O)c1cc(N2CCC(C)CC2)ccn1. The van der Waals surface area contributed by atoms with Gasteiger partial charge < -0.3 is 10.2 Å². The monoisotopic (exact) mass is 259 g/mol. The average molecular weight is 259 g/mol. The highest BCUT2D eigenvalue weighted by Crippen LogP contribution is 2.22. The van der Waals surface area contributed by atoms with E-state index in [-0.39, 0.29) is 5.91 Å². The maximum Gasteiger partial charge on any atom is 0.270 e. The molecule has 2 heterocycles. The van der Waals surface area contributed by atoms with Crippen LogP contribution in [0.4, 0.5) is 5.69 Å². The van der Waals surface area contributed by atoms with Crippen LogP contribution in [0, 0.1) is 5.92 Å². The Morgan fingerprint density at radius 1 is 1.58 bits per heavy atom. The first-order valence-electron chi connectivity index (χ1n) is 6.81. The number of piperidine rings is 1. The lowest BCUT2D eigenvalue weighted by Crippen LogP contribution is -2.33. The van der Waals surface area contributed by atoms with E-state index >= 15 is 0 Å². The summed E-state index contributed by atoms with van der Waals surface area (Å²) in [4.78, 5) is 18.3. The number of aromatic nitrogens is 1. The fourth-order valence-electron chi connectivity index (χ4n) is 2.26. The second-order valence-corrected chi connectivity index (χ2v) is 5.07. The predicted octanol–water partition coefficient (Wildman–Crippen LogP) is 2.23. The van der Waals surface area contributed by atoms with Gasteiger partial charge in [-0.05, 0) is 30.9 Å². The van der Waals surface area contributed by atoms with Crippen LogP contribution in [0.2, 0.25) is 0 Å². The van der Waals surface area contributed by atoms with Gasteiger partial charge in [0.2, 0.25) is 0 Å². The molecule has 1 amide bonds. The van der Waals surface area contributed by atoms with E-state index in [0.717, 1.165) is 24.7 Å². The Balaban J connectivity index is 2.06. The molecule has 0 bridgehead atoms. The Morgan fingerprint density at radius 3 is 3.00 bits per heavy atom. The molecule has 0 atom stereocenters. The smallest absolute Gasteiger partial charge is 0.270 e. The number of carbonyl (C=O) groups excluding carboxylic acids is 1. The van der Waals surface area contributed by atoms with E-state index < -0.39 is 0 Å². The van der Waals surface area contributed by atoms with Crippen molar-refractivity contribution in [2.24, 2.45) is 5.92 Å². The number of nitrogens with one attached hydrogen (secondary N) is 1. The minimum Gasteiger partial charge on any atom is -0.371 e.